The molecule has 0 saturated carbocycles. The number of oxime groups is 1. The van der Waals surface area contributed by atoms with Gasteiger partial charge in [-0.2, -0.15) is 0 Å². The molecule has 33 heavy (non-hydrogen) atoms. The summed E-state index contributed by atoms with van der Waals surface area (Å²) in [5.41, 5.74) is 4.57. The van der Waals surface area contributed by atoms with E-state index in [1.54, 1.807) is 0 Å². The zero-order chi connectivity index (χ0) is 23.0. The van der Waals surface area contributed by atoms with E-state index in [2.05, 4.69) is 29.4 Å². The summed E-state index contributed by atoms with van der Waals surface area (Å²) in [6, 6.07) is 16.3. The molecule has 0 fully saturated rings. The number of carboxylic acid groups (broad SMARTS) is 1. The van der Waals surface area contributed by atoms with E-state index in [0.29, 0.717) is 12.1 Å². The normalized spacial score (nSPS) is 14.8. The number of rotatable bonds is 11. The summed E-state index contributed by atoms with van der Waals surface area (Å²) in [6.45, 7) is 0. The Morgan fingerprint density at radius 2 is 1.79 bits per heavy atom. The Bertz CT molecular complexity index is 1100. The first kappa shape index (κ1) is 23.1. The van der Waals surface area contributed by atoms with Gasteiger partial charge in [-0.25, -0.2) is 0 Å². The van der Waals surface area contributed by atoms with Crippen LogP contribution in [0.2, 0.25) is 0 Å². The number of carboxylic acids is 1. The average Bonchev–Trinajstić information content (AvgIpc) is 3.21. The molecular weight excluding hydrogens is 414 g/mol. The Morgan fingerprint density at radius 3 is 2.58 bits per heavy atom. The number of fused-ring (bicyclic) bond motifs is 3. The lowest BCUT2D eigenvalue weighted by atomic mass is 9.91. The van der Waals surface area contributed by atoms with Crippen molar-refractivity contribution in [3.05, 3.63) is 71.0 Å². The first-order valence-electron chi connectivity index (χ1n) is 12.2. The van der Waals surface area contributed by atoms with Crippen molar-refractivity contribution < 1.29 is 19.5 Å². The lowest BCUT2D eigenvalue weighted by Gasteiger charge is -2.13. The van der Waals surface area contributed by atoms with Crippen LogP contribution in [0.1, 0.15) is 73.8 Å². The smallest absolute Gasteiger partial charge is 0.306 e. The predicted octanol–water partition coefficient (Wildman–Crippen LogP) is 6.77. The standard InChI is InChI=1S/C28H33NO4/c30-28(31)22(13-7-2-1-4-10-20-11-5-3-6-12-20)18-25(29-32)21-16-17-24-23-14-8-9-15-26(23)33-27(24)19-21/h3,5-6,11-12,16-17,19,22,32H,1-2,4,7-10,13-15,18H2,(H,30,31)/t22-/m0/s1. The average molecular weight is 448 g/mol. The van der Waals surface area contributed by atoms with E-state index >= 15 is 0 Å². The van der Waals surface area contributed by atoms with Crippen LogP contribution < -0.4 is 0 Å². The van der Waals surface area contributed by atoms with E-state index in [1.807, 2.05) is 24.3 Å². The van der Waals surface area contributed by atoms with E-state index in [0.717, 1.165) is 73.7 Å². The van der Waals surface area contributed by atoms with Crippen molar-refractivity contribution in [3.63, 3.8) is 0 Å². The number of hydrogen-bond acceptors (Lipinski definition) is 4. The largest absolute Gasteiger partial charge is 0.481 e. The van der Waals surface area contributed by atoms with E-state index < -0.39 is 11.9 Å². The van der Waals surface area contributed by atoms with Gasteiger partial charge in [0.1, 0.15) is 11.3 Å². The summed E-state index contributed by atoms with van der Waals surface area (Å²) in [6.07, 6.45) is 10.2. The second-order valence-corrected chi connectivity index (χ2v) is 9.15. The maximum Gasteiger partial charge on any atom is 0.306 e. The molecule has 1 aliphatic rings. The first-order chi connectivity index (χ1) is 16.2. The van der Waals surface area contributed by atoms with E-state index in [9.17, 15) is 15.1 Å². The molecule has 1 atom stereocenters. The van der Waals surface area contributed by atoms with Gasteiger partial charge in [-0.15, -0.1) is 0 Å². The molecule has 174 valence electrons. The Kier molecular flexibility index (Phi) is 7.82. The Morgan fingerprint density at radius 1 is 1.00 bits per heavy atom. The van der Waals surface area contributed by atoms with E-state index in [-0.39, 0.29) is 6.42 Å². The van der Waals surface area contributed by atoms with E-state index in [4.69, 9.17) is 4.42 Å². The molecule has 0 radical (unpaired) electrons. The van der Waals surface area contributed by atoms with Crippen LogP contribution in [0.5, 0.6) is 0 Å². The van der Waals surface area contributed by atoms with Crippen LogP contribution in [0.3, 0.4) is 0 Å². The Hall–Kier alpha value is -3.08. The fourth-order valence-electron chi connectivity index (χ4n) is 4.92. The highest BCUT2D eigenvalue weighted by Crippen LogP contribution is 2.33. The molecule has 2 N–H and O–H groups in total. The molecule has 3 aromatic rings. The Labute approximate surface area is 195 Å². The van der Waals surface area contributed by atoms with Gasteiger partial charge in [0, 0.05) is 29.4 Å². The number of benzene rings is 2. The number of aliphatic carboxylic acids is 1. The molecule has 0 aliphatic heterocycles. The molecule has 5 heteroatoms. The Balaban J connectivity index is 1.32. The van der Waals surface area contributed by atoms with Gasteiger partial charge in [0.05, 0.1) is 11.6 Å². The van der Waals surface area contributed by atoms with Gasteiger partial charge in [-0.1, -0.05) is 66.9 Å². The summed E-state index contributed by atoms with van der Waals surface area (Å²) in [7, 11) is 0. The van der Waals surface area contributed by atoms with Crippen LogP contribution in [0.25, 0.3) is 11.0 Å². The van der Waals surface area contributed by atoms with Gasteiger partial charge in [0.15, 0.2) is 0 Å². The highest BCUT2D eigenvalue weighted by atomic mass is 16.4. The maximum absolute atomic E-state index is 11.9. The highest BCUT2D eigenvalue weighted by Gasteiger charge is 2.23. The van der Waals surface area contributed by atoms with Crippen LogP contribution in [0.4, 0.5) is 0 Å². The van der Waals surface area contributed by atoms with Crippen molar-refractivity contribution in [3.8, 4) is 0 Å². The van der Waals surface area contributed by atoms with Crippen LogP contribution in [0.15, 0.2) is 58.1 Å². The molecule has 0 unspecified atom stereocenters. The fourth-order valence-corrected chi connectivity index (χ4v) is 4.92. The second-order valence-electron chi connectivity index (χ2n) is 9.15. The number of aryl methyl sites for hydroxylation is 3. The molecule has 0 amide bonds. The zero-order valence-electron chi connectivity index (χ0n) is 19.1. The SMILES string of the molecule is O=C(O)[C@@H](CCCCCCc1ccccc1)CC(=NO)c1ccc2c3c(oc2c1)CCCC3. The predicted molar refractivity (Wildman–Crippen MR) is 130 cm³/mol. The van der Waals surface area contributed by atoms with Crippen LogP contribution >= 0.6 is 0 Å². The number of unbranched alkanes of at least 4 members (excludes halogenated alkanes) is 3. The quantitative estimate of drug-likeness (QED) is 0.147. The third kappa shape index (κ3) is 5.84. The van der Waals surface area contributed by atoms with Crippen LogP contribution in [-0.2, 0) is 24.1 Å². The van der Waals surface area contributed by atoms with Crippen molar-refractivity contribution in [2.24, 2.45) is 11.1 Å². The van der Waals surface area contributed by atoms with Gasteiger partial charge >= 0.3 is 5.97 Å². The molecular formula is C28H33NO4. The van der Waals surface area contributed by atoms with Crippen LogP contribution in [-0.4, -0.2) is 22.0 Å². The monoisotopic (exact) mass is 447 g/mol. The molecule has 4 rings (SSSR count). The summed E-state index contributed by atoms with van der Waals surface area (Å²) in [4.78, 5) is 11.9. The molecule has 0 spiro atoms. The number of furan rings is 1. The van der Waals surface area contributed by atoms with Gasteiger partial charge in [-0.05, 0) is 50.2 Å². The minimum atomic E-state index is -0.838. The second kappa shape index (κ2) is 11.2. The highest BCUT2D eigenvalue weighted by molar-refractivity contribution is 6.04. The number of nitrogens with zero attached hydrogens (tertiary/aromatic N) is 1. The van der Waals surface area contributed by atoms with Crippen LogP contribution in [0, 0.1) is 5.92 Å². The molecule has 0 saturated heterocycles. The van der Waals surface area contributed by atoms with Crippen molar-refractivity contribution in [1.29, 1.82) is 0 Å². The fraction of sp³-hybridized carbons (Fsp3) is 0.429. The van der Waals surface area contributed by atoms with Gasteiger partial charge in [0.2, 0.25) is 0 Å². The van der Waals surface area contributed by atoms with Crippen molar-refractivity contribution in [1.82, 2.24) is 0 Å². The van der Waals surface area contributed by atoms with Gasteiger partial charge in [0.25, 0.3) is 0 Å². The summed E-state index contributed by atoms with van der Waals surface area (Å²) in [5.74, 6) is -0.341. The summed E-state index contributed by atoms with van der Waals surface area (Å²) in [5, 5.41) is 24.0. The summed E-state index contributed by atoms with van der Waals surface area (Å²) < 4.78 is 6.06. The maximum atomic E-state index is 11.9. The van der Waals surface area contributed by atoms with Crippen molar-refractivity contribution in [2.75, 3.05) is 0 Å². The molecule has 5 nitrogen and oxygen atoms in total. The third-order valence-corrected chi connectivity index (χ3v) is 6.81. The molecule has 1 heterocycles. The number of hydrogen-bond donors (Lipinski definition) is 2. The number of carbonyl (C=O) groups is 1. The minimum Gasteiger partial charge on any atom is -0.481 e. The van der Waals surface area contributed by atoms with Gasteiger partial charge in [-0.3, -0.25) is 4.79 Å². The molecule has 2 aromatic carbocycles. The lowest BCUT2D eigenvalue weighted by molar-refractivity contribution is -0.141. The molecule has 1 aliphatic carbocycles. The molecule has 1 aromatic heterocycles. The van der Waals surface area contributed by atoms with Crippen molar-refractivity contribution >= 4 is 22.7 Å². The van der Waals surface area contributed by atoms with E-state index in [1.165, 1.54) is 17.5 Å². The topological polar surface area (TPSA) is 83.0 Å². The molecule has 0 bridgehead atoms. The first-order valence-corrected chi connectivity index (χ1v) is 12.2. The minimum absolute atomic E-state index is 0.210. The zero-order valence-corrected chi connectivity index (χ0v) is 19.1. The van der Waals surface area contributed by atoms with Crippen molar-refractivity contribution in [2.45, 2.75) is 70.6 Å². The van der Waals surface area contributed by atoms with Gasteiger partial charge < -0.3 is 14.7 Å². The third-order valence-electron chi connectivity index (χ3n) is 6.81. The summed E-state index contributed by atoms with van der Waals surface area (Å²) >= 11 is 0. The lowest BCUT2D eigenvalue weighted by Crippen LogP contribution is -2.19.